The van der Waals surface area contributed by atoms with Gasteiger partial charge in [-0.15, -0.1) is 0 Å². The van der Waals surface area contributed by atoms with Gasteiger partial charge in [-0.3, -0.25) is 9.78 Å². The van der Waals surface area contributed by atoms with Gasteiger partial charge in [-0.2, -0.15) is 4.31 Å². The highest BCUT2D eigenvalue weighted by Crippen LogP contribution is 2.25. The summed E-state index contributed by atoms with van der Waals surface area (Å²) >= 11 is 0. The van der Waals surface area contributed by atoms with Gasteiger partial charge in [-0.25, -0.2) is 8.42 Å². The van der Waals surface area contributed by atoms with Gasteiger partial charge in [-0.1, -0.05) is 37.3 Å². The first-order valence-electron chi connectivity index (χ1n) is 10.9. The number of hydrogen-bond donors (Lipinski definition) is 0. The van der Waals surface area contributed by atoms with Crippen molar-refractivity contribution in [1.82, 2.24) is 14.2 Å². The molecule has 0 radical (unpaired) electrons. The zero-order chi connectivity index (χ0) is 22.6. The molecule has 7 nitrogen and oxygen atoms in total. The molecule has 1 aromatic heterocycles. The van der Waals surface area contributed by atoms with E-state index in [1.165, 1.54) is 4.31 Å². The van der Waals surface area contributed by atoms with Crippen LogP contribution >= 0.6 is 0 Å². The van der Waals surface area contributed by atoms with E-state index in [0.29, 0.717) is 31.4 Å². The van der Waals surface area contributed by atoms with Gasteiger partial charge in [0.25, 0.3) is 0 Å². The second kappa shape index (κ2) is 9.67. The minimum atomic E-state index is -3.83. The van der Waals surface area contributed by atoms with Crippen LogP contribution in [0.2, 0.25) is 0 Å². The summed E-state index contributed by atoms with van der Waals surface area (Å²) in [5.41, 5.74) is 1.14. The molecule has 8 heteroatoms. The van der Waals surface area contributed by atoms with Crippen LogP contribution in [0.25, 0.3) is 10.8 Å². The van der Waals surface area contributed by atoms with Gasteiger partial charge in [0.1, 0.15) is 0 Å². The van der Waals surface area contributed by atoms with Crippen LogP contribution < -0.4 is 4.90 Å². The van der Waals surface area contributed by atoms with E-state index in [1.807, 2.05) is 31.2 Å². The highest BCUT2D eigenvalue weighted by Gasteiger charge is 2.30. The summed E-state index contributed by atoms with van der Waals surface area (Å²) in [6.07, 6.45) is 3.86. The number of sulfonamides is 1. The van der Waals surface area contributed by atoms with Crippen molar-refractivity contribution in [3.63, 3.8) is 0 Å². The number of benzene rings is 2. The van der Waals surface area contributed by atoms with E-state index >= 15 is 0 Å². The molecular weight excluding hydrogens is 424 g/mol. The SMILES string of the molecule is CCCN(CC(=O)N1CCN(c2ccccc2)CC1)S(=O)(=O)c1cccc2cnccc12. The number of carbonyl (C=O) groups is 1. The highest BCUT2D eigenvalue weighted by atomic mass is 32.2. The molecule has 0 bridgehead atoms. The number of piperazine rings is 1. The lowest BCUT2D eigenvalue weighted by Gasteiger charge is -2.37. The number of carbonyl (C=O) groups excluding carboxylic acids is 1. The fourth-order valence-corrected chi connectivity index (χ4v) is 5.79. The maximum absolute atomic E-state index is 13.5. The number of nitrogens with zero attached hydrogens (tertiary/aromatic N) is 4. The molecule has 1 aliphatic rings. The van der Waals surface area contributed by atoms with Crippen molar-refractivity contribution in [2.24, 2.45) is 0 Å². The summed E-state index contributed by atoms with van der Waals surface area (Å²) in [4.78, 5) is 21.4. The summed E-state index contributed by atoms with van der Waals surface area (Å²) in [7, 11) is -3.83. The second-order valence-electron chi connectivity index (χ2n) is 7.89. The van der Waals surface area contributed by atoms with Gasteiger partial charge in [0.05, 0.1) is 11.4 Å². The van der Waals surface area contributed by atoms with Crippen molar-refractivity contribution in [3.05, 3.63) is 67.0 Å². The van der Waals surface area contributed by atoms with Crippen molar-refractivity contribution in [2.45, 2.75) is 18.2 Å². The third kappa shape index (κ3) is 4.61. The fourth-order valence-electron chi connectivity index (χ4n) is 4.09. The summed E-state index contributed by atoms with van der Waals surface area (Å²) in [5.74, 6) is -0.156. The van der Waals surface area contributed by atoms with Crippen LogP contribution in [0.5, 0.6) is 0 Å². The molecular formula is C24H28N4O3S. The van der Waals surface area contributed by atoms with Crippen LogP contribution in [0.15, 0.2) is 71.9 Å². The Hall–Kier alpha value is -2.97. The van der Waals surface area contributed by atoms with Crippen molar-refractivity contribution in [1.29, 1.82) is 0 Å². The lowest BCUT2D eigenvalue weighted by molar-refractivity contribution is -0.131. The van der Waals surface area contributed by atoms with E-state index < -0.39 is 10.0 Å². The van der Waals surface area contributed by atoms with Crippen LogP contribution in [-0.2, 0) is 14.8 Å². The Bertz CT molecular complexity index is 1170. The molecule has 3 aromatic rings. The maximum atomic E-state index is 13.5. The van der Waals surface area contributed by atoms with E-state index in [9.17, 15) is 13.2 Å². The van der Waals surface area contributed by atoms with Gasteiger partial charge in [0.2, 0.25) is 15.9 Å². The van der Waals surface area contributed by atoms with Gasteiger partial charge in [-0.05, 0) is 30.7 Å². The summed E-state index contributed by atoms with van der Waals surface area (Å²) in [6.45, 7) is 4.67. The first-order valence-corrected chi connectivity index (χ1v) is 12.4. The first kappa shape index (κ1) is 22.2. The number of aromatic nitrogens is 1. The molecule has 0 N–H and O–H groups in total. The fraction of sp³-hybridized carbons (Fsp3) is 0.333. The number of amides is 1. The minimum Gasteiger partial charge on any atom is -0.368 e. The van der Waals surface area contributed by atoms with Crippen LogP contribution in [0.1, 0.15) is 13.3 Å². The Kier molecular flexibility index (Phi) is 6.72. The quantitative estimate of drug-likeness (QED) is 0.551. The topological polar surface area (TPSA) is 73.8 Å². The van der Waals surface area contributed by atoms with Crippen molar-refractivity contribution < 1.29 is 13.2 Å². The Morgan fingerprint density at radius 1 is 1.00 bits per heavy atom. The molecule has 2 aromatic carbocycles. The van der Waals surface area contributed by atoms with Crippen LogP contribution in [0, 0.1) is 0 Å². The predicted molar refractivity (Wildman–Crippen MR) is 126 cm³/mol. The number of rotatable bonds is 7. The number of fused-ring (bicyclic) bond motifs is 1. The molecule has 168 valence electrons. The van der Waals surface area contributed by atoms with Gasteiger partial charge in [0.15, 0.2) is 0 Å². The molecule has 0 saturated carbocycles. The standard InChI is InChI=1S/C24H28N4O3S/c1-2-13-28(32(30,31)23-10-6-7-20-18-25-12-11-22(20)23)19-24(29)27-16-14-26(15-17-27)21-8-4-3-5-9-21/h3-12,18H,2,13-17,19H2,1H3. The Morgan fingerprint density at radius 2 is 1.75 bits per heavy atom. The molecule has 1 aliphatic heterocycles. The normalized spacial score (nSPS) is 14.8. The summed E-state index contributed by atoms with van der Waals surface area (Å²) in [5, 5.41) is 1.38. The lowest BCUT2D eigenvalue weighted by Crippen LogP contribution is -2.52. The molecule has 1 saturated heterocycles. The van der Waals surface area contributed by atoms with Crippen LogP contribution in [0.4, 0.5) is 5.69 Å². The van der Waals surface area contributed by atoms with Crippen molar-refractivity contribution in [2.75, 3.05) is 44.2 Å². The number of pyridine rings is 1. The summed E-state index contributed by atoms with van der Waals surface area (Å²) in [6, 6.07) is 17.0. The molecule has 1 fully saturated rings. The molecule has 4 rings (SSSR count). The van der Waals surface area contributed by atoms with Crippen LogP contribution in [0.3, 0.4) is 0 Å². The maximum Gasteiger partial charge on any atom is 0.244 e. The number of anilines is 1. The van der Waals surface area contributed by atoms with E-state index in [2.05, 4.69) is 22.0 Å². The molecule has 32 heavy (non-hydrogen) atoms. The third-order valence-corrected chi connectivity index (χ3v) is 7.70. The van der Waals surface area contributed by atoms with E-state index in [-0.39, 0.29) is 17.3 Å². The second-order valence-corrected chi connectivity index (χ2v) is 9.80. The van der Waals surface area contributed by atoms with Crippen molar-refractivity contribution in [3.8, 4) is 0 Å². The van der Waals surface area contributed by atoms with E-state index in [1.54, 1.807) is 35.5 Å². The molecule has 0 unspecified atom stereocenters. The third-order valence-electron chi connectivity index (χ3n) is 5.80. The smallest absolute Gasteiger partial charge is 0.244 e. The highest BCUT2D eigenvalue weighted by molar-refractivity contribution is 7.89. The Morgan fingerprint density at radius 3 is 2.47 bits per heavy atom. The van der Waals surface area contributed by atoms with Gasteiger partial charge < -0.3 is 9.80 Å². The average Bonchev–Trinajstić information content (AvgIpc) is 2.84. The van der Waals surface area contributed by atoms with Gasteiger partial charge in [0, 0.05) is 61.6 Å². The zero-order valence-corrected chi connectivity index (χ0v) is 19.0. The minimum absolute atomic E-state index is 0.150. The largest absolute Gasteiger partial charge is 0.368 e. The molecule has 0 spiro atoms. The predicted octanol–water partition coefficient (Wildman–Crippen LogP) is 2.98. The molecule has 0 aliphatic carbocycles. The first-order chi connectivity index (χ1) is 15.5. The molecule has 2 heterocycles. The average molecular weight is 453 g/mol. The van der Waals surface area contributed by atoms with Crippen molar-refractivity contribution >= 4 is 32.4 Å². The van der Waals surface area contributed by atoms with Crippen LogP contribution in [-0.4, -0.2) is 67.8 Å². The monoisotopic (exact) mass is 452 g/mol. The molecule has 1 amide bonds. The number of hydrogen-bond acceptors (Lipinski definition) is 5. The Labute approximate surface area is 189 Å². The van der Waals surface area contributed by atoms with Gasteiger partial charge >= 0.3 is 0 Å². The lowest BCUT2D eigenvalue weighted by atomic mass is 10.2. The Balaban J connectivity index is 1.49. The van der Waals surface area contributed by atoms with E-state index in [4.69, 9.17) is 0 Å². The number of para-hydroxylation sites is 1. The molecule has 0 atom stereocenters. The zero-order valence-electron chi connectivity index (χ0n) is 18.2. The van der Waals surface area contributed by atoms with E-state index in [0.717, 1.165) is 24.2 Å². The summed E-state index contributed by atoms with van der Waals surface area (Å²) < 4.78 is 28.3.